The molecule has 0 saturated heterocycles. The van der Waals surface area contributed by atoms with Gasteiger partial charge in [0.25, 0.3) is 0 Å². The van der Waals surface area contributed by atoms with Crippen molar-refractivity contribution in [2.24, 2.45) is 12.8 Å². The summed E-state index contributed by atoms with van der Waals surface area (Å²) in [7, 11) is 2.11. The molecule has 1 aromatic heterocycles. The number of rotatable bonds is 6. The van der Waals surface area contributed by atoms with Crippen LogP contribution < -0.4 is 5.73 Å². The second-order valence-electron chi connectivity index (χ2n) is 4.84. The highest BCUT2D eigenvalue weighted by molar-refractivity contribution is 5.17. The summed E-state index contributed by atoms with van der Waals surface area (Å²) in [6, 6.07) is 15.0. The van der Waals surface area contributed by atoms with Gasteiger partial charge in [0.15, 0.2) is 0 Å². The molecule has 18 heavy (non-hydrogen) atoms. The summed E-state index contributed by atoms with van der Waals surface area (Å²) in [5.41, 5.74) is 8.56. The van der Waals surface area contributed by atoms with Gasteiger partial charge in [-0.3, -0.25) is 0 Å². The van der Waals surface area contributed by atoms with Crippen LogP contribution in [0.3, 0.4) is 0 Å². The quantitative estimate of drug-likeness (QED) is 0.829. The lowest BCUT2D eigenvalue weighted by molar-refractivity contribution is 0.552. The zero-order valence-corrected chi connectivity index (χ0v) is 11.0. The molecule has 0 fully saturated rings. The highest BCUT2D eigenvalue weighted by Gasteiger charge is 2.13. The first kappa shape index (κ1) is 12.9. The molecule has 2 aromatic rings. The standard InChI is InChI=1S/C16H22N2/c1-18-13-5-8-16(18)15(11-12-17)10-9-14-6-3-2-4-7-14/h2-8,13,15H,9-12,17H2,1H3. The van der Waals surface area contributed by atoms with E-state index in [-0.39, 0.29) is 0 Å². The van der Waals surface area contributed by atoms with Crippen molar-refractivity contribution in [1.82, 2.24) is 4.57 Å². The zero-order valence-electron chi connectivity index (χ0n) is 11.0. The van der Waals surface area contributed by atoms with E-state index in [0.29, 0.717) is 5.92 Å². The molecule has 0 aliphatic heterocycles. The lowest BCUT2D eigenvalue weighted by atomic mass is 9.93. The Kier molecular flexibility index (Phi) is 4.59. The van der Waals surface area contributed by atoms with Crippen LogP contribution in [0.15, 0.2) is 48.7 Å². The van der Waals surface area contributed by atoms with E-state index in [4.69, 9.17) is 5.73 Å². The first-order chi connectivity index (χ1) is 8.81. The molecule has 1 unspecified atom stereocenters. The maximum Gasteiger partial charge on any atom is 0.0203 e. The molecule has 1 atom stereocenters. The fraction of sp³-hybridized carbons (Fsp3) is 0.375. The predicted octanol–water partition coefficient (Wildman–Crippen LogP) is 3.09. The van der Waals surface area contributed by atoms with Crippen molar-refractivity contribution in [3.8, 4) is 0 Å². The monoisotopic (exact) mass is 242 g/mol. The fourth-order valence-corrected chi connectivity index (χ4v) is 2.53. The lowest BCUT2D eigenvalue weighted by Crippen LogP contribution is -2.11. The van der Waals surface area contributed by atoms with E-state index in [1.165, 1.54) is 17.7 Å². The molecule has 2 rings (SSSR count). The van der Waals surface area contributed by atoms with Crippen molar-refractivity contribution in [2.45, 2.75) is 25.2 Å². The Bertz CT molecular complexity index is 459. The van der Waals surface area contributed by atoms with Crippen LogP contribution in [0.2, 0.25) is 0 Å². The van der Waals surface area contributed by atoms with E-state index in [9.17, 15) is 0 Å². The molecule has 0 saturated carbocycles. The molecule has 2 heteroatoms. The van der Waals surface area contributed by atoms with Crippen molar-refractivity contribution in [3.63, 3.8) is 0 Å². The van der Waals surface area contributed by atoms with Gasteiger partial charge in [-0.15, -0.1) is 0 Å². The van der Waals surface area contributed by atoms with Gasteiger partial charge in [0, 0.05) is 24.9 Å². The normalized spacial score (nSPS) is 12.6. The summed E-state index contributed by atoms with van der Waals surface area (Å²) < 4.78 is 2.21. The summed E-state index contributed by atoms with van der Waals surface area (Å²) in [6.45, 7) is 0.755. The molecule has 0 spiro atoms. The highest BCUT2D eigenvalue weighted by atomic mass is 14.9. The Balaban J connectivity index is 2.01. The Morgan fingerprint density at radius 3 is 2.44 bits per heavy atom. The van der Waals surface area contributed by atoms with E-state index in [0.717, 1.165) is 19.4 Å². The average molecular weight is 242 g/mol. The van der Waals surface area contributed by atoms with Gasteiger partial charge in [-0.2, -0.15) is 0 Å². The molecule has 2 N–H and O–H groups in total. The van der Waals surface area contributed by atoms with Crippen LogP contribution in [0.4, 0.5) is 0 Å². The van der Waals surface area contributed by atoms with Gasteiger partial charge in [-0.1, -0.05) is 30.3 Å². The van der Waals surface area contributed by atoms with Gasteiger partial charge in [-0.25, -0.2) is 0 Å². The molecule has 96 valence electrons. The molecule has 1 aromatic carbocycles. The van der Waals surface area contributed by atoms with Crippen molar-refractivity contribution in [2.75, 3.05) is 6.54 Å². The minimum absolute atomic E-state index is 0.565. The van der Waals surface area contributed by atoms with Crippen LogP contribution in [-0.4, -0.2) is 11.1 Å². The average Bonchev–Trinajstić information content (AvgIpc) is 2.82. The summed E-state index contributed by atoms with van der Waals surface area (Å²) in [5, 5.41) is 0. The maximum absolute atomic E-state index is 5.75. The molecule has 0 bridgehead atoms. The lowest BCUT2D eigenvalue weighted by Gasteiger charge is -2.17. The van der Waals surface area contributed by atoms with Crippen LogP contribution in [0, 0.1) is 0 Å². The van der Waals surface area contributed by atoms with Crippen molar-refractivity contribution in [3.05, 3.63) is 59.9 Å². The van der Waals surface area contributed by atoms with Crippen molar-refractivity contribution >= 4 is 0 Å². The van der Waals surface area contributed by atoms with Crippen LogP contribution in [0.5, 0.6) is 0 Å². The first-order valence-electron chi connectivity index (χ1n) is 6.66. The van der Waals surface area contributed by atoms with E-state index in [2.05, 4.69) is 60.3 Å². The minimum Gasteiger partial charge on any atom is -0.354 e. The number of hydrogen-bond donors (Lipinski definition) is 1. The zero-order chi connectivity index (χ0) is 12.8. The van der Waals surface area contributed by atoms with Gasteiger partial charge in [-0.05, 0) is 43.5 Å². The number of aryl methyl sites for hydroxylation is 2. The fourth-order valence-electron chi connectivity index (χ4n) is 2.53. The van der Waals surface area contributed by atoms with E-state index >= 15 is 0 Å². The summed E-state index contributed by atoms with van der Waals surface area (Å²) in [4.78, 5) is 0. The molecule has 0 aliphatic rings. The van der Waals surface area contributed by atoms with Gasteiger partial charge >= 0.3 is 0 Å². The second kappa shape index (κ2) is 6.41. The molecule has 1 heterocycles. The van der Waals surface area contributed by atoms with Crippen LogP contribution in [-0.2, 0) is 13.5 Å². The number of aromatic nitrogens is 1. The van der Waals surface area contributed by atoms with Crippen LogP contribution >= 0.6 is 0 Å². The molecule has 0 aliphatic carbocycles. The van der Waals surface area contributed by atoms with Crippen molar-refractivity contribution < 1.29 is 0 Å². The number of benzene rings is 1. The van der Waals surface area contributed by atoms with E-state index in [1.807, 2.05) is 0 Å². The van der Waals surface area contributed by atoms with E-state index in [1.54, 1.807) is 0 Å². The van der Waals surface area contributed by atoms with E-state index < -0.39 is 0 Å². The topological polar surface area (TPSA) is 30.9 Å². The molecule has 0 radical (unpaired) electrons. The number of nitrogens with two attached hydrogens (primary N) is 1. The second-order valence-corrected chi connectivity index (χ2v) is 4.84. The maximum atomic E-state index is 5.75. The third-order valence-electron chi connectivity index (χ3n) is 3.54. The highest BCUT2D eigenvalue weighted by Crippen LogP contribution is 2.24. The molecular formula is C16H22N2. The van der Waals surface area contributed by atoms with Gasteiger partial charge in [0.05, 0.1) is 0 Å². The first-order valence-corrected chi connectivity index (χ1v) is 6.66. The Labute approximate surface area is 109 Å². The molecule has 0 amide bonds. The Morgan fingerprint density at radius 1 is 1.06 bits per heavy atom. The SMILES string of the molecule is Cn1cccc1C(CCN)CCc1ccccc1. The van der Waals surface area contributed by atoms with Crippen molar-refractivity contribution in [1.29, 1.82) is 0 Å². The van der Waals surface area contributed by atoms with Crippen LogP contribution in [0.1, 0.15) is 30.0 Å². The summed E-state index contributed by atoms with van der Waals surface area (Å²) in [5.74, 6) is 0.565. The van der Waals surface area contributed by atoms with Gasteiger partial charge < -0.3 is 10.3 Å². The van der Waals surface area contributed by atoms with Gasteiger partial charge in [0.2, 0.25) is 0 Å². The Hall–Kier alpha value is -1.54. The molecular weight excluding hydrogens is 220 g/mol. The number of hydrogen-bond acceptors (Lipinski definition) is 1. The molecule has 2 nitrogen and oxygen atoms in total. The largest absolute Gasteiger partial charge is 0.354 e. The number of nitrogens with zero attached hydrogens (tertiary/aromatic N) is 1. The van der Waals surface area contributed by atoms with Gasteiger partial charge in [0.1, 0.15) is 0 Å². The minimum atomic E-state index is 0.565. The summed E-state index contributed by atoms with van der Waals surface area (Å²) >= 11 is 0. The Morgan fingerprint density at radius 2 is 1.83 bits per heavy atom. The third kappa shape index (κ3) is 3.23. The smallest absolute Gasteiger partial charge is 0.0203 e. The van der Waals surface area contributed by atoms with Crippen LogP contribution in [0.25, 0.3) is 0 Å². The third-order valence-corrected chi connectivity index (χ3v) is 3.54. The summed E-state index contributed by atoms with van der Waals surface area (Å²) in [6.07, 6.45) is 5.46. The predicted molar refractivity (Wildman–Crippen MR) is 76.6 cm³/mol.